The second-order valence-electron chi connectivity index (χ2n) is 5.36. The first-order valence-corrected chi connectivity index (χ1v) is 7.75. The molecule has 0 spiro atoms. The van der Waals surface area contributed by atoms with Crippen molar-refractivity contribution in [3.8, 4) is 0 Å². The van der Waals surface area contributed by atoms with Gasteiger partial charge < -0.3 is 5.32 Å². The normalized spacial score (nSPS) is 17.2. The minimum atomic E-state index is 0.197. The van der Waals surface area contributed by atoms with Gasteiger partial charge in [-0.25, -0.2) is 4.98 Å². The predicted octanol–water partition coefficient (Wildman–Crippen LogP) is 3.64. The van der Waals surface area contributed by atoms with E-state index in [1.807, 2.05) is 18.4 Å². The Bertz CT molecular complexity index is 555. The highest BCUT2D eigenvalue weighted by atomic mass is 32.1. The zero-order valence-electron chi connectivity index (χ0n) is 11.6. The number of hydrogen-bond acceptors (Lipinski definition) is 3. The molecule has 100 valence electrons. The summed E-state index contributed by atoms with van der Waals surface area (Å²) < 4.78 is 0. The maximum atomic E-state index is 4.88. The van der Waals surface area contributed by atoms with Crippen LogP contribution in [0.3, 0.4) is 0 Å². The third kappa shape index (κ3) is 2.11. The molecule has 0 amide bonds. The van der Waals surface area contributed by atoms with E-state index in [9.17, 15) is 0 Å². The molecule has 1 aliphatic rings. The highest BCUT2D eigenvalue weighted by Crippen LogP contribution is 2.50. The standard InChI is InChI=1S/C16H20N2S/c1-12-14(11-17-2)19-15(18-12)16(9-6-10-16)13-7-4-3-5-8-13/h3-5,7-8,17H,6,9-11H2,1-2H3. The summed E-state index contributed by atoms with van der Waals surface area (Å²) in [5.74, 6) is 0. The number of hydrogen-bond donors (Lipinski definition) is 1. The molecule has 19 heavy (non-hydrogen) atoms. The largest absolute Gasteiger partial charge is 0.315 e. The van der Waals surface area contributed by atoms with Crippen molar-refractivity contribution >= 4 is 11.3 Å². The van der Waals surface area contributed by atoms with E-state index in [1.165, 1.54) is 40.4 Å². The third-order valence-electron chi connectivity index (χ3n) is 4.17. The Labute approximate surface area is 118 Å². The quantitative estimate of drug-likeness (QED) is 0.919. The Morgan fingerprint density at radius 3 is 2.58 bits per heavy atom. The number of rotatable bonds is 4. The van der Waals surface area contributed by atoms with Crippen molar-refractivity contribution in [3.05, 3.63) is 51.5 Å². The minimum absolute atomic E-state index is 0.197. The van der Waals surface area contributed by atoms with Gasteiger partial charge in [0.25, 0.3) is 0 Å². The summed E-state index contributed by atoms with van der Waals surface area (Å²) in [5.41, 5.74) is 2.82. The van der Waals surface area contributed by atoms with Crippen LogP contribution in [0.5, 0.6) is 0 Å². The Balaban J connectivity index is 2.01. The smallest absolute Gasteiger partial charge is 0.104 e. The van der Waals surface area contributed by atoms with E-state index < -0.39 is 0 Å². The van der Waals surface area contributed by atoms with E-state index in [1.54, 1.807) is 0 Å². The van der Waals surface area contributed by atoms with E-state index in [0.29, 0.717) is 0 Å². The van der Waals surface area contributed by atoms with E-state index in [2.05, 4.69) is 42.6 Å². The molecule has 2 aromatic rings. The molecule has 0 atom stereocenters. The van der Waals surface area contributed by atoms with Crippen molar-refractivity contribution in [1.29, 1.82) is 0 Å². The molecule has 3 rings (SSSR count). The van der Waals surface area contributed by atoms with Crippen LogP contribution in [0.25, 0.3) is 0 Å². The van der Waals surface area contributed by atoms with Gasteiger partial charge in [-0.05, 0) is 32.4 Å². The fraction of sp³-hybridized carbons (Fsp3) is 0.438. The average molecular weight is 272 g/mol. The lowest BCUT2D eigenvalue weighted by molar-refractivity contribution is 0.300. The third-order valence-corrected chi connectivity index (χ3v) is 5.53. The summed E-state index contributed by atoms with van der Waals surface area (Å²) in [7, 11) is 2.00. The number of nitrogens with zero attached hydrogens (tertiary/aromatic N) is 1. The first kappa shape index (κ1) is 12.8. The van der Waals surface area contributed by atoms with Gasteiger partial charge in [0, 0.05) is 16.8 Å². The summed E-state index contributed by atoms with van der Waals surface area (Å²) in [5, 5.41) is 4.55. The summed E-state index contributed by atoms with van der Waals surface area (Å²) >= 11 is 1.89. The topological polar surface area (TPSA) is 24.9 Å². The van der Waals surface area contributed by atoms with Gasteiger partial charge in [-0.15, -0.1) is 11.3 Å². The molecule has 1 fully saturated rings. The SMILES string of the molecule is CNCc1sc(C2(c3ccccc3)CCC2)nc1C. The Hall–Kier alpha value is -1.19. The maximum Gasteiger partial charge on any atom is 0.104 e. The Kier molecular flexibility index (Phi) is 3.42. The van der Waals surface area contributed by atoms with Crippen LogP contribution in [0, 0.1) is 6.92 Å². The van der Waals surface area contributed by atoms with Crippen LogP contribution in [0.1, 0.15) is 40.4 Å². The second kappa shape index (κ2) is 5.06. The molecule has 0 saturated heterocycles. The van der Waals surface area contributed by atoms with Gasteiger partial charge in [-0.2, -0.15) is 0 Å². The van der Waals surface area contributed by atoms with E-state index in [0.717, 1.165) is 6.54 Å². The van der Waals surface area contributed by atoms with Crippen molar-refractivity contribution in [2.24, 2.45) is 0 Å². The second-order valence-corrected chi connectivity index (χ2v) is 6.44. The fourth-order valence-electron chi connectivity index (χ4n) is 2.87. The highest BCUT2D eigenvalue weighted by Gasteiger charge is 2.43. The van der Waals surface area contributed by atoms with E-state index in [-0.39, 0.29) is 5.41 Å². The molecule has 3 heteroatoms. The lowest BCUT2D eigenvalue weighted by Gasteiger charge is -2.40. The number of thiazole rings is 1. The summed E-state index contributed by atoms with van der Waals surface area (Å²) in [6.45, 7) is 3.05. The molecule has 1 N–H and O–H groups in total. The molecule has 0 unspecified atom stereocenters. The average Bonchev–Trinajstić information content (AvgIpc) is 2.72. The van der Waals surface area contributed by atoms with Gasteiger partial charge in [0.15, 0.2) is 0 Å². The van der Waals surface area contributed by atoms with Crippen molar-refractivity contribution in [3.63, 3.8) is 0 Å². The molecule has 1 aromatic heterocycles. The summed E-state index contributed by atoms with van der Waals surface area (Å²) in [4.78, 5) is 6.25. The molecule has 1 heterocycles. The maximum absolute atomic E-state index is 4.88. The lowest BCUT2D eigenvalue weighted by atomic mass is 9.65. The lowest BCUT2D eigenvalue weighted by Crippen LogP contribution is -2.35. The van der Waals surface area contributed by atoms with E-state index >= 15 is 0 Å². The van der Waals surface area contributed by atoms with Crippen LogP contribution in [0.2, 0.25) is 0 Å². The molecule has 1 aromatic carbocycles. The van der Waals surface area contributed by atoms with Crippen LogP contribution in [0.15, 0.2) is 30.3 Å². The van der Waals surface area contributed by atoms with Gasteiger partial charge in [0.2, 0.25) is 0 Å². The first-order valence-electron chi connectivity index (χ1n) is 6.93. The highest BCUT2D eigenvalue weighted by molar-refractivity contribution is 7.12. The fourth-order valence-corrected chi connectivity index (χ4v) is 4.21. The molecule has 1 saturated carbocycles. The number of aromatic nitrogens is 1. The zero-order valence-corrected chi connectivity index (χ0v) is 12.4. The monoisotopic (exact) mass is 272 g/mol. The molecule has 0 bridgehead atoms. The molecule has 0 radical (unpaired) electrons. The Morgan fingerprint density at radius 2 is 2.00 bits per heavy atom. The Morgan fingerprint density at radius 1 is 1.26 bits per heavy atom. The van der Waals surface area contributed by atoms with Crippen LogP contribution in [0.4, 0.5) is 0 Å². The summed E-state index contributed by atoms with van der Waals surface area (Å²) in [6.07, 6.45) is 3.79. The van der Waals surface area contributed by atoms with Crippen molar-refractivity contribution < 1.29 is 0 Å². The molecule has 0 aliphatic heterocycles. The first-order chi connectivity index (χ1) is 9.26. The van der Waals surface area contributed by atoms with Crippen molar-refractivity contribution in [1.82, 2.24) is 10.3 Å². The van der Waals surface area contributed by atoms with Crippen molar-refractivity contribution in [2.75, 3.05) is 7.05 Å². The van der Waals surface area contributed by atoms with Gasteiger partial charge in [-0.1, -0.05) is 36.8 Å². The van der Waals surface area contributed by atoms with Crippen LogP contribution in [-0.4, -0.2) is 12.0 Å². The molecular weight excluding hydrogens is 252 g/mol. The van der Waals surface area contributed by atoms with Gasteiger partial charge in [0.05, 0.1) is 5.69 Å². The van der Waals surface area contributed by atoms with Crippen LogP contribution >= 0.6 is 11.3 Å². The number of nitrogens with one attached hydrogen (secondary N) is 1. The van der Waals surface area contributed by atoms with Crippen LogP contribution < -0.4 is 5.32 Å². The summed E-state index contributed by atoms with van der Waals surface area (Å²) in [6, 6.07) is 10.9. The molecule has 2 nitrogen and oxygen atoms in total. The molecule has 1 aliphatic carbocycles. The van der Waals surface area contributed by atoms with Crippen molar-refractivity contribution in [2.45, 2.75) is 38.1 Å². The van der Waals surface area contributed by atoms with Crippen LogP contribution in [-0.2, 0) is 12.0 Å². The zero-order chi connectivity index (χ0) is 13.3. The van der Waals surface area contributed by atoms with Gasteiger partial charge in [0.1, 0.15) is 5.01 Å². The van der Waals surface area contributed by atoms with Gasteiger partial charge in [-0.3, -0.25) is 0 Å². The minimum Gasteiger partial charge on any atom is -0.315 e. The van der Waals surface area contributed by atoms with Gasteiger partial charge >= 0.3 is 0 Å². The predicted molar refractivity (Wildman–Crippen MR) is 80.7 cm³/mol. The number of aryl methyl sites for hydroxylation is 1. The molecular formula is C16H20N2S. The number of benzene rings is 1. The van der Waals surface area contributed by atoms with E-state index in [4.69, 9.17) is 4.98 Å².